The highest BCUT2D eigenvalue weighted by atomic mass is 16.5. The van der Waals surface area contributed by atoms with Gasteiger partial charge in [0.25, 0.3) is 0 Å². The summed E-state index contributed by atoms with van der Waals surface area (Å²) < 4.78 is 7.51. The first kappa shape index (κ1) is 14.6. The first-order valence-corrected chi connectivity index (χ1v) is 7.09. The van der Waals surface area contributed by atoms with E-state index in [2.05, 4.69) is 40.1 Å². The normalized spacial score (nSPS) is 12.3. The Morgan fingerprint density at radius 2 is 2.25 bits per heavy atom. The van der Waals surface area contributed by atoms with E-state index in [1.165, 1.54) is 5.56 Å². The van der Waals surface area contributed by atoms with Crippen molar-refractivity contribution < 1.29 is 4.74 Å². The summed E-state index contributed by atoms with van der Waals surface area (Å²) in [6.07, 6.45) is 5.93. The van der Waals surface area contributed by atoms with Gasteiger partial charge in [-0.3, -0.25) is 0 Å². The maximum atomic E-state index is 5.28. The number of imidazole rings is 1. The van der Waals surface area contributed by atoms with E-state index in [-0.39, 0.29) is 6.04 Å². The van der Waals surface area contributed by atoms with Crippen LogP contribution < -0.4 is 10.1 Å². The number of aryl methyl sites for hydroxylation is 1. The molecule has 1 aromatic carbocycles. The molecule has 1 atom stereocenters. The fourth-order valence-electron chi connectivity index (χ4n) is 2.42. The van der Waals surface area contributed by atoms with E-state index < -0.39 is 0 Å². The van der Waals surface area contributed by atoms with Gasteiger partial charge >= 0.3 is 0 Å². The molecule has 4 nitrogen and oxygen atoms in total. The number of nitrogens with one attached hydrogen (secondary N) is 1. The van der Waals surface area contributed by atoms with Crippen LogP contribution in [0.5, 0.6) is 5.75 Å². The van der Waals surface area contributed by atoms with E-state index in [4.69, 9.17) is 4.74 Å². The van der Waals surface area contributed by atoms with Crippen LogP contribution in [0.1, 0.15) is 30.8 Å². The van der Waals surface area contributed by atoms with Crippen molar-refractivity contribution in [3.8, 4) is 5.75 Å². The van der Waals surface area contributed by atoms with Gasteiger partial charge < -0.3 is 14.6 Å². The molecule has 1 aromatic heterocycles. The number of aromatic nitrogens is 2. The Morgan fingerprint density at radius 3 is 2.95 bits per heavy atom. The highest BCUT2D eigenvalue weighted by Gasteiger charge is 2.15. The number of rotatable bonds is 7. The molecule has 0 saturated carbocycles. The molecule has 0 bridgehead atoms. The molecule has 1 unspecified atom stereocenters. The lowest BCUT2D eigenvalue weighted by Gasteiger charge is -2.18. The van der Waals surface area contributed by atoms with Crippen molar-refractivity contribution in [2.45, 2.75) is 32.4 Å². The zero-order valence-electron chi connectivity index (χ0n) is 12.5. The summed E-state index contributed by atoms with van der Waals surface area (Å²) in [5.41, 5.74) is 1.25. The second kappa shape index (κ2) is 7.10. The molecule has 1 N–H and O–H groups in total. The number of hydrogen-bond donors (Lipinski definition) is 1. The van der Waals surface area contributed by atoms with E-state index in [9.17, 15) is 0 Å². The van der Waals surface area contributed by atoms with Gasteiger partial charge in [-0.15, -0.1) is 0 Å². The van der Waals surface area contributed by atoms with Crippen molar-refractivity contribution in [2.24, 2.45) is 0 Å². The zero-order valence-corrected chi connectivity index (χ0v) is 12.5. The standard InChI is InChI=1S/C16H23N3O/c1-4-9-19-10-8-18-16(19)15(17-2)12-13-6-5-7-14(11-13)20-3/h5-8,10-11,15,17H,4,9,12H2,1-3H3. The molecule has 0 spiro atoms. The minimum absolute atomic E-state index is 0.212. The first-order chi connectivity index (χ1) is 9.78. The maximum absolute atomic E-state index is 5.28. The molecule has 20 heavy (non-hydrogen) atoms. The monoisotopic (exact) mass is 273 g/mol. The van der Waals surface area contributed by atoms with E-state index in [0.717, 1.165) is 31.0 Å². The smallest absolute Gasteiger partial charge is 0.126 e. The summed E-state index contributed by atoms with van der Waals surface area (Å²) in [5, 5.41) is 3.37. The SMILES string of the molecule is CCCn1ccnc1C(Cc1cccc(OC)c1)NC. The third-order valence-corrected chi connectivity index (χ3v) is 3.45. The Bertz CT molecular complexity index is 536. The van der Waals surface area contributed by atoms with Crippen LogP contribution in [-0.4, -0.2) is 23.7 Å². The molecule has 108 valence electrons. The molecule has 0 aliphatic rings. The van der Waals surface area contributed by atoms with Gasteiger partial charge in [-0.25, -0.2) is 4.98 Å². The molecule has 0 saturated heterocycles. The molecule has 0 fully saturated rings. The molecule has 2 aromatic rings. The molecular weight excluding hydrogens is 250 g/mol. The molecule has 0 aliphatic carbocycles. The van der Waals surface area contributed by atoms with Gasteiger partial charge in [-0.2, -0.15) is 0 Å². The van der Waals surface area contributed by atoms with Crippen molar-refractivity contribution in [2.75, 3.05) is 14.2 Å². The molecule has 0 amide bonds. The Morgan fingerprint density at radius 1 is 1.40 bits per heavy atom. The van der Waals surface area contributed by atoms with Crippen LogP contribution in [0.3, 0.4) is 0 Å². The van der Waals surface area contributed by atoms with E-state index in [0.29, 0.717) is 0 Å². The minimum atomic E-state index is 0.212. The summed E-state index contributed by atoms with van der Waals surface area (Å²) in [6, 6.07) is 8.41. The number of nitrogens with zero attached hydrogens (tertiary/aromatic N) is 2. The average molecular weight is 273 g/mol. The van der Waals surface area contributed by atoms with Crippen LogP contribution in [0, 0.1) is 0 Å². The highest BCUT2D eigenvalue weighted by molar-refractivity contribution is 5.29. The van der Waals surface area contributed by atoms with Crippen LogP contribution in [0.15, 0.2) is 36.7 Å². The average Bonchev–Trinajstić information content (AvgIpc) is 2.93. The summed E-state index contributed by atoms with van der Waals surface area (Å²) >= 11 is 0. The first-order valence-electron chi connectivity index (χ1n) is 7.09. The third-order valence-electron chi connectivity index (χ3n) is 3.45. The van der Waals surface area contributed by atoms with Crippen molar-refractivity contribution >= 4 is 0 Å². The van der Waals surface area contributed by atoms with Crippen LogP contribution in [0.4, 0.5) is 0 Å². The van der Waals surface area contributed by atoms with Crippen molar-refractivity contribution in [3.05, 3.63) is 48.0 Å². The molecule has 0 aliphatic heterocycles. The van der Waals surface area contributed by atoms with Crippen LogP contribution in [0.25, 0.3) is 0 Å². The van der Waals surface area contributed by atoms with Crippen LogP contribution in [-0.2, 0) is 13.0 Å². The molecular formula is C16H23N3O. The minimum Gasteiger partial charge on any atom is -0.497 e. The van der Waals surface area contributed by atoms with Gasteiger partial charge in [0.1, 0.15) is 11.6 Å². The highest BCUT2D eigenvalue weighted by Crippen LogP contribution is 2.20. The predicted molar refractivity (Wildman–Crippen MR) is 81.0 cm³/mol. The topological polar surface area (TPSA) is 39.1 Å². The number of likely N-dealkylation sites (N-methyl/N-ethyl adjacent to an activating group) is 1. The van der Waals surface area contributed by atoms with Gasteiger partial charge in [-0.1, -0.05) is 19.1 Å². The van der Waals surface area contributed by atoms with Crippen molar-refractivity contribution in [1.29, 1.82) is 0 Å². The number of ether oxygens (including phenoxy) is 1. The lowest BCUT2D eigenvalue weighted by molar-refractivity contribution is 0.413. The molecule has 1 heterocycles. The third kappa shape index (κ3) is 3.39. The Labute approximate surface area is 120 Å². The zero-order chi connectivity index (χ0) is 14.4. The number of methoxy groups -OCH3 is 1. The Balaban J connectivity index is 2.17. The number of hydrogen-bond acceptors (Lipinski definition) is 3. The fraction of sp³-hybridized carbons (Fsp3) is 0.438. The van der Waals surface area contributed by atoms with Crippen LogP contribution >= 0.6 is 0 Å². The van der Waals surface area contributed by atoms with Gasteiger partial charge in [0.2, 0.25) is 0 Å². The predicted octanol–water partition coefficient (Wildman–Crippen LogP) is 2.80. The largest absolute Gasteiger partial charge is 0.497 e. The van der Waals surface area contributed by atoms with E-state index in [1.807, 2.05) is 25.4 Å². The summed E-state index contributed by atoms with van der Waals surface area (Å²) in [5.74, 6) is 1.99. The number of benzene rings is 1. The molecule has 0 radical (unpaired) electrons. The van der Waals surface area contributed by atoms with Crippen LogP contribution in [0.2, 0.25) is 0 Å². The quantitative estimate of drug-likeness (QED) is 0.843. The van der Waals surface area contributed by atoms with Crippen molar-refractivity contribution in [1.82, 2.24) is 14.9 Å². The van der Waals surface area contributed by atoms with E-state index in [1.54, 1.807) is 7.11 Å². The van der Waals surface area contributed by atoms with Gasteiger partial charge in [0.15, 0.2) is 0 Å². The fourth-order valence-corrected chi connectivity index (χ4v) is 2.42. The van der Waals surface area contributed by atoms with Crippen molar-refractivity contribution in [3.63, 3.8) is 0 Å². The lowest BCUT2D eigenvalue weighted by atomic mass is 10.1. The summed E-state index contributed by atoms with van der Waals surface area (Å²) in [4.78, 5) is 4.51. The second-order valence-corrected chi connectivity index (χ2v) is 4.88. The maximum Gasteiger partial charge on any atom is 0.126 e. The lowest BCUT2D eigenvalue weighted by Crippen LogP contribution is -2.23. The second-order valence-electron chi connectivity index (χ2n) is 4.88. The Hall–Kier alpha value is -1.81. The summed E-state index contributed by atoms with van der Waals surface area (Å²) in [7, 11) is 3.68. The van der Waals surface area contributed by atoms with Gasteiger partial charge in [0.05, 0.1) is 13.2 Å². The Kier molecular flexibility index (Phi) is 5.18. The van der Waals surface area contributed by atoms with Gasteiger partial charge in [0, 0.05) is 18.9 Å². The molecule has 4 heteroatoms. The molecule has 2 rings (SSSR count). The van der Waals surface area contributed by atoms with Gasteiger partial charge in [-0.05, 0) is 37.6 Å². The summed E-state index contributed by atoms with van der Waals surface area (Å²) in [6.45, 7) is 3.19. The van der Waals surface area contributed by atoms with E-state index >= 15 is 0 Å².